The van der Waals surface area contributed by atoms with Crippen molar-refractivity contribution in [1.29, 1.82) is 0 Å². The van der Waals surface area contributed by atoms with Crippen LogP contribution in [-0.4, -0.2) is 29.0 Å². The summed E-state index contributed by atoms with van der Waals surface area (Å²) in [6.07, 6.45) is 4.49. The van der Waals surface area contributed by atoms with Crippen LogP contribution in [0, 0.1) is 12.3 Å². The minimum Gasteiger partial charge on any atom is -0.508 e. The van der Waals surface area contributed by atoms with E-state index >= 15 is 0 Å². The van der Waals surface area contributed by atoms with Crippen LogP contribution in [0.1, 0.15) is 55.5 Å². The number of aryl methyl sites for hydroxylation is 1. The molecule has 3 heteroatoms. The van der Waals surface area contributed by atoms with Crippen molar-refractivity contribution in [3.63, 3.8) is 0 Å². The highest BCUT2D eigenvalue weighted by atomic mass is 16.3. The molecule has 1 fully saturated rings. The largest absolute Gasteiger partial charge is 0.508 e. The molecule has 0 aliphatic heterocycles. The number of nitrogens with zero attached hydrogens (tertiary/aromatic N) is 1. The van der Waals surface area contributed by atoms with E-state index < -0.39 is 0 Å². The van der Waals surface area contributed by atoms with E-state index in [1.165, 1.54) is 12.8 Å². The average molecular weight is 275 g/mol. The van der Waals surface area contributed by atoms with Crippen LogP contribution in [0.2, 0.25) is 0 Å². The highest BCUT2D eigenvalue weighted by Gasteiger charge is 2.30. The molecule has 0 saturated heterocycles. The van der Waals surface area contributed by atoms with Gasteiger partial charge in [0.05, 0.1) is 0 Å². The number of benzene rings is 1. The summed E-state index contributed by atoms with van der Waals surface area (Å²) in [5, 5.41) is 9.55. The first-order valence-electron chi connectivity index (χ1n) is 7.37. The molecule has 0 atom stereocenters. The summed E-state index contributed by atoms with van der Waals surface area (Å²) in [5.41, 5.74) is 1.82. The van der Waals surface area contributed by atoms with Gasteiger partial charge in [0.25, 0.3) is 5.91 Å². The minimum absolute atomic E-state index is 0.0535. The maximum absolute atomic E-state index is 12.5. The summed E-state index contributed by atoms with van der Waals surface area (Å²) >= 11 is 0. The lowest BCUT2D eigenvalue weighted by molar-refractivity contribution is 0.0635. The summed E-state index contributed by atoms with van der Waals surface area (Å²) in [4.78, 5) is 14.4. The van der Waals surface area contributed by atoms with E-state index in [2.05, 4.69) is 13.8 Å². The maximum atomic E-state index is 12.5. The third-order valence-corrected chi connectivity index (χ3v) is 4.62. The van der Waals surface area contributed by atoms with E-state index in [0.717, 1.165) is 18.4 Å². The fourth-order valence-electron chi connectivity index (χ4n) is 2.93. The van der Waals surface area contributed by atoms with Gasteiger partial charge in [0.2, 0.25) is 0 Å². The molecule has 0 bridgehead atoms. The first-order chi connectivity index (χ1) is 9.30. The molecular weight excluding hydrogens is 250 g/mol. The second-order valence-electron chi connectivity index (χ2n) is 6.81. The number of carbonyl (C=O) groups excluding carboxylic acids is 1. The Bertz CT molecular complexity index is 498. The smallest absolute Gasteiger partial charge is 0.253 e. The molecule has 1 aromatic carbocycles. The van der Waals surface area contributed by atoms with Crippen molar-refractivity contribution in [3.05, 3.63) is 29.3 Å². The van der Waals surface area contributed by atoms with Gasteiger partial charge >= 0.3 is 0 Å². The Kier molecular flexibility index (Phi) is 4.07. The second-order valence-corrected chi connectivity index (χ2v) is 6.81. The van der Waals surface area contributed by atoms with Gasteiger partial charge in [-0.1, -0.05) is 13.8 Å². The molecule has 1 aromatic rings. The summed E-state index contributed by atoms with van der Waals surface area (Å²) in [6, 6.07) is 5.40. The van der Waals surface area contributed by atoms with Crippen LogP contribution < -0.4 is 0 Å². The van der Waals surface area contributed by atoms with E-state index in [4.69, 9.17) is 0 Å². The van der Waals surface area contributed by atoms with E-state index in [1.54, 1.807) is 18.2 Å². The second kappa shape index (κ2) is 5.47. The predicted octanol–water partition coefficient (Wildman–Crippen LogP) is 3.74. The van der Waals surface area contributed by atoms with Crippen molar-refractivity contribution in [3.8, 4) is 5.75 Å². The fourth-order valence-corrected chi connectivity index (χ4v) is 2.93. The molecule has 0 aromatic heterocycles. The molecule has 1 aliphatic carbocycles. The summed E-state index contributed by atoms with van der Waals surface area (Å²) in [7, 11) is 1.90. The van der Waals surface area contributed by atoms with Gasteiger partial charge in [-0.3, -0.25) is 4.79 Å². The van der Waals surface area contributed by atoms with Crippen molar-refractivity contribution < 1.29 is 9.90 Å². The number of hydrogen-bond acceptors (Lipinski definition) is 2. The highest BCUT2D eigenvalue weighted by Crippen LogP contribution is 2.36. The average Bonchev–Trinajstić information content (AvgIpc) is 2.40. The van der Waals surface area contributed by atoms with Crippen molar-refractivity contribution in [1.82, 2.24) is 4.90 Å². The Morgan fingerprint density at radius 2 is 1.90 bits per heavy atom. The molecular formula is C17H25NO2. The lowest BCUT2D eigenvalue weighted by atomic mass is 9.75. The molecule has 1 aliphatic rings. The molecule has 1 amide bonds. The lowest BCUT2D eigenvalue weighted by Gasteiger charge is -2.38. The van der Waals surface area contributed by atoms with Crippen LogP contribution in [0.4, 0.5) is 0 Å². The monoisotopic (exact) mass is 275 g/mol. The Morgan fingerprint density at radius 1 is 1.30 bits per heavy atom. The quantitative estimate of drug-likeness (QED) is 0.893. The molecule has 2 rings (SSSR count). The Hall–Kier alpha value is -1.51. The van der Waals surface area contributed by atoms with Crippen molar-refractivity contribution >= 4 is 5.91 Å². The van der Waals surface area contributed by atoms with Gasteiger partial charge in [-0.2, -0.15) is 0 Å². The van der Waals surface area contributed by atoms with Crippen molar-refractivity contribution in [2.45, 2.75) is 52.5 Å². The molecule has 20 heavy (non-hydrogen) atoms. The van der Waals surface area contributed by atoms with Crippen LogP contribution in [0.15, 0.2) is 18.2 Å². The zero-order chi connectivity index (χ0) is 14.9. The summed E-state index contributed by atoms with van der Waals surface area (Å²) in [6.45, 7) is 6.41. The molecule has 0 radical (unpaired) electrons. The highest BCUT2D eigenvalue weighted by molar-refractivity contribution is 5.94. The van der Waals surface area contributed by atoms with Gasteiger partial charge in [-0.15, -0.1) is 0 Å². The van der Waals surface area contributed by atoms with Crippen LogP contribution in [0.3, 0.4) is 0 Å². The normalized spacial score (nSPS) is 18.8. The minimum atomic E-state index is 0.0535. The van der Waals surface area contributed by atoms with Gasteiger partial charge in [0, 0.05) is 18.7 Å². The molecule has 110 valence electrons. The zero-order valence-corrected chi connectivity index (χ0v) is 12.9. The third-order valence-electron chi connectivity index (χ3n) is 4.62. The summed E-state index contributed by atoms with van der Waals surface area (Å²) in [5.74, 6) is 0.293. The number of phenolic OH excluding ortho intramolecular Hbond substituents is 1. The number of hydrogen-bond donors (Lipinski definition) is 1. The first-order valence-corrected chi connectivity index (χ1v) is 7.37. The summed E-state index contributed by atoms with van der Waals surface area (Å²) < 4.78 is 0. The first kappa shape index (κ1) is 14.9. The number of phenols is 1. The van der Waals surface area contributed by atoms with E-state index in [-0.39, 0.29) is 11.7 Å². The van der Waals surface area contributed by atoms with Crippen LogP contribution in [0.25, 0.3) is 0 Å². The number of amides is 1. The number of aromatic hydroxyl groups is 1. The van der Waals surface area contributed by atoms with Gasteiger partial charge in [-0.05, 0) is 61.8 Å². The standard InChI is InChI=1S/C17H25NO2/c1-12-11-13(5-6-15(12)19)16(20)18(4)14-7-9-17(2,3)10-8-14/h5-6,11,14,19H,7-10H2,1-4H3. The zero-order valence-electron chi connectivity index (χ0n) is 12.9. The van der Waals surface area contributed by atoms with Crippen LogP contribution in [-0.2, 0) is 0 Å². The number of rotatable bonds is 2. The Balaban J connectivity index is 2.07. The van der Waals surface area contributed by atoms with Gasteiger partial charge < -0.3 is 10.0 Å². The Morgan fingerprint density at radius 3 is 2.45 bits per heavy atom. The van der Waals surface area contributed by atoms with Gasteiger partial charge in [0.1, 0.15) is 5.75 Å². The predicted molar refractivity (Wildman–Crippen MR) is 81.0 cm³/mol. The van der Waals surface area contributed by atoms with Gasteiger partial charge in [-0.25, -0.2) is 0 Å². The van der Waals surface area contributed by atoms with E-state index in [1.807, 2.05) is 18.9 Å². The van der Waals surface area contributed by atoms with Crippen LogP contribution in [0.5, 0.6) is 5.75 Å². The fraction of sp³-hybridized carbons (Fsp3) is 0.588. The molecule has 0 heterocycles. The maximum Gasteiger partial charge on any atom is 0.253 e. The molecule has 1 N–H and O–H groups in total. The van der Waals surface area contributed by atoms with E-state index in [0.29, 0.717) is 17.0 Å². The molecule has 3 nitrogen and oxygen atoms in total. The molecule has 0 spiro atoms. The topological polar surface area (TPSA) is 40.5 Å². The van der Waals surface area contributed by atoms with Crippen molar-refractivity contribution in [2.24, 2.45) is 5.41 Å². The SMILES string of the molecule is Cc1cc(C(=O)N(C)C2CCC(C)(C)CC2)ccc1O. The molecule has 1 saturated carbocycles. The third kappa shape index (κ3) is 3.14. The van der Waals surface area contributed by atoms with Gasteiger partial charge in [0.15, 0.2) is 0 Å². The lowest BCUT2D eigenvalue weighted by Crippen LogP contribution is -2.40. The Labute approximate surface area is 121 Å². The van der Waals surface area contributed by atoms with Crippen molar-refractivity contribution in [2.75, 3.05) is 7.05 Å². The number of carbonyl (C=O) groups is 1. The van der Waals surface area contributed by atoms with Crippen LogP contribution >= 0.6 is 0 Å². The molecule has 0 unspecified atom stereocenters. The van der Waals surface area contributed by atoms with E-state index in [9.17, 15) is 9.90 Å².